The fourth-order valence-electron chi connectivity index (χ4n) is 2.88. The van der Waals surface area contributed by atoms with Crippen LogP contribution < -0.4 is 10.6 Å². The number of carbonyl (C=O) groups is 1. The number of nitrogens with one attached hydrogen (secondary N) is 2. The van der Waals surface area contributed by atoms with Gasteiger partial charge in [-0.1, -0.05) is 6.92 Å². The number of amides is 1. The number of aromatic nitrogens is 2. The Hall–Kier alpha value is -0.780. The number of piperidine rings is 1. The number of halogens is 2. The van der Waals surface area contributed by atoms with Gasteiger partial charge in [0.2, 0.25) is 5.91 Å². The van der Waals surface area contributed by atoms with Crippen molar-refractivity contribution in [1.82, 2.24) is 20.2 Å². The number of aryl methyl sites for hydroxylation is 1. The van der Waals surface area contributed by atoms with Gasteiger partial charge in [-0.3, -0.25) is 4.79 Å². The lowest BCUT2D eigenvalue weighted by Gasteiger charge is -2.22. The van der Waals surface area contributed by atoms with Gasteiger partial charge in [-0.15, -0.1) is 24.8 Å². The van der Waals surface area contributed by atoms with Gasteiger partial charge >= 0.3 is 0 Å². The van der Waals surface area contributed by atoms with E-state index in [-0.39, 0.29) is 30.7 Å². The van der Waals surface area contributed by atoms with Crippen molar-refractivity contribution in [3.05, 3.63) is 18.2 Å². The van der Waals surface area contributed by atoms with Gasteiger partial charge in [-0.2, -0.15) is 0 Å². The maximum absolute atomic E-state index is 11.9. The van der Waals surface area contributed by atoms with Gasteiger partial charge in [0.25, 0.3) is 0 Å². The minimum Gasteiger partial charge on any atom is -0.356 e. The van der Waals surface area contributed by atoms with Crippen LogP contribution in [0.3, 0.4) is 0 Å². The Balaban J connectivity index is 0.00000242. The number of hydrogen-bond donors (Lipinski definition) is 2. The van der Waals surface area contributed by atoms with Crippen LogP contribution in [0.1, 0.15) is 38.4 Å². The summed E-state index contributed by atoms with van der Waals surface area (Å²) < 4.78 is 2.13. The molecule has 0 saturated carbocycles. The van der Waals surface area contributed by atoms with Crippen LogP contribution in [0.15, 0.2) is 12.4 Å². The fraction of sp³-hybridized carbons (Fsp3) is 0.750. The first-order valence-electron chi connectivity index (χ1n) is 8.10. The van der Waals surface area contributed by atoms with Crippen molar-refractivity contribution in [2.45, 2.75) is 46.1 Å². The van der Waals surface area contributed by atoms with Crippen LogP contribution >= 0.6 is 24.8 Å². The molecule has 2 N–H and O–H groups in total. The van der Waals surface area contributed by atoms with Crippen molar-refractivity contribution in [3.8, 4) is 0 Å². The smallest absolute Gasteiger partial charge is 0.220 e. The summed E-state index contributed by atoms with van der Waals surface area (Å²) in [6, 6.07) is 0. The lowest BCUT2D eigenvalue weighted by molar-refractivity contribution is -0.121. The van der Waals surface area contributed by atoms with E-state index in [1.165, 1.54) is 12.8 Å². The summed E-state index contributed by atoms with van der Waals surface area (Å²) in [5.41, 5.74) is 0. The third kappa shape index (κ3) is 8.04. The van der Waals surface area contributed by atoms with Crippen molar-refractivity contribution >= 4 is 30.7 Å². The SMILES string of the molecule is Cc1nccn1CC(C)CNC(=O)CCC1CCNCC1.Cl.Cl. The third-order valence-electron chi connectivity index (χ3n) is 4.32. The zero-order chi connectivity index (χ0) is 15.1. The van der Waals surface area contributed by atoms with Crippen LogP contribution in [0.5, 0.6) is 0 Å². The third-order valence-corrected chi connectivity index (χ3v) is 4.32. The van der Waals surface area contributed by atoms with Crippen molar-refractivity contribution < 1.29 is 4.79 Å². The van der Waals surface area contributed by atoms with Crippen LogP contribution in [0, 0.1) is 18.8 Å². The van der Waals surface area contributed by atoms with Gasteiger partial charge < -0.3 is 15.2 Å². The van der Waals surface area contributed by atoms with E-state index >= 15 is 0 Å². The molecule has 5 nitrogen and oxygen atoms in total. The Morgan fingerprint density at radius 2 is 2.13 bits per heavy atom. The molecule has 1 amide bonds. The minimum absolute atomic E-state index is 0. The molecule has 2 rings (SSSR count). The second-order valence-electron chi connectivity index (χ2n) is 6.27. The Morgan fingerprint density at radius 3 is 2.74 bits per heavy atom. The number of nitrogens with zero attached hydrogens (tertiary/aromatic N) is 2. The number of hydrogen-bond acceptors (Lipinski definition) is 3. The molecular weight excluding hydrogens is 335 g/mol. The van der Waals surface area contributed by atoms with E-state index in [1.807, 2.05) is 19.3 Å². The Kier molecular flexibility index (Phi) is 11.3. The van der Waals surface area contributed by atoms with E-state index in [9.17, 15) is 4.79 Å². The highest BCUT2D eigenvalue weighted by atomic mass is 35.5. The molecule has 1 unspecified atom stereocenters. The Labute approximate surface area is 151 Å². The van der Waals surface area contributed by atoms with Crippen molar-refractivity contribution in [2.75, 3.05) is 19.6 Å². The van der Waals surface area contributed by atoms with Crippen LogP contribution in [0.4, 0.5) is 0 Å². The van der Waals surface area contributed by atoms with Gasteiger partial charge in [0.1, 0.15) is 5.82 Å². The number of rotatable bonds is 7. The van der Waals surface area contributed by atoms with E-state index < -0.39 is 0 Å². The molecule has 0 bridgehead atoms. The van der Waals surface area contributed by atoms with Gasteiger partial charge in [0, 0.05) is 31.9 Å². The van der Waals surface area contributed by atoms with Crippen LogP contribution in [-0.4, -0.2) is 35.1 Å². The Bertz CT molecular complexity index is 447. The monoisotopic (exact) mass is 364 g/mol. The van der Waals surface area contributed by atoms with Crippen molar-refractivity contribution in [3.63, 3.8) is 0 Å². The topological polar surface area (TPSA) is 59.0 Å². The highest BCUT2D eigenvalue weighted by molar-refractivity contribution is 5.85. The quantitative estimate of drug-likeness (QED) is 0.781. The molecule has 1 aromatic rings. The number of carbonyl (C=O) groups excluding carboxylic acids is 1. The highest BCUT2D eigenvalue weighted by Gasteiger charge is 2.14. The zero-order valence-corrected chi connectivity index (χ0v) is 15.7. The normalized spacial score (nSPS) is 16.1. The fourth-order valence-corrected chi connectivity index (χ4v) is 2.88. The first-order valence-corrected chi connectivity index (χ1v) is 8.10. The summed E-state index contributed by atoms with van der Waals surface area (Å²) in [7, 11) is 0. The minimum atomic E-state index is 0. The van der Waals surface area contributed by atoms with Crippen molar-refractivity contribution in [2.24, 2.45) is 11.8 Å². The van der Waals surface area contributed by atoms with Crippen LogP contribution in [0.25, 0.3) is 0 Å². The molecule has 23 heavy (non-hydrogen) atoms. The molecular formula is C16H30Cl2N4O. The zero-order valence-electron chi connectivity index (χ0n) is 14.1. The van der Waals surface area contributed by atoms with E-state index in [1.54, 1.807) is 0 Å². The first kappa shape index (κ1) is 22.2. The molecule has 1 aromatic heterocycles. The summed E-state index contributed by atoms with van der Waals surface area (Å²) in [6.07, 6.45) is 7.93. The summed E-state index contributed by atoms with van der Waals surface area (Å²) in [5, 5.41) is 6.43. The predicted molar refractivity (Wildman–Crippen MR) is 98.5 cm³/mol. The average molecular weight is 365 g/mol. The van der Waals surface area contributed by atoms with E-state index in [4.69, 9.17) is 0 Å². The molecule has 0 aliphatic carbocycles. The molecule has 1 aliphatic rings. The lowest BCUT2D eigenvalue weighted by atomic mass is 9.93. The van der Waals surface area contributed by atoms with Gasteiger partial charge in [-0.25, -0.2) is 4.98 Å². The second-order valence-corrected chi connectivity index (χ2v) is 6.27. The maximum atomic E-state index is 11.9. The lowest BCUT2D eigenvalue weighted by Crippen LogP contribution is -2.31. The molecule has 134 valence electrons. The van der Waals surface area contributed by atoms with E-state index in [0.29, 0.717) is 12.3 Å². The largest absolute Gasteiger partial charge is 0.356 e. The highest BCUT2D eigenvalue weighted by Crippen LogP contribution is 2.17. The Morgan fingerprint density at radius 1 is 1.43 bits per heavy atom. The van der Waals surface area contributed by atoms with Gasteiger partial charge in [-0.05, 0) is 51.1 Å². The van der Waals surface area contributed by atoms with E-state index in [2.05, 4.69) is 27.1 Å². The molecule has 1 atom stereocenters. The molecule has 1 fully saturated rings. The van der Waals surface area contributed by atoms with E-state index in [0.717, 1.165) is 44.3 Å². The first-order chi connectivity index (χ1) is 10.1. The van der Waals surface area contributed by atoms with Crippen molar-refractivity contribution in [1.29, 1.82) is 0 Å². The number of imidazole rings is 1. The molecule has 0 spiro atoms. The average Bonchev–Trinajstić information content (AvgIpc) is 2.89. The standard InChI is InChI=1S/C16H28N4O.2ClH/c1-13(12-20-10-9-18-14(20)2)11-19-16(21)4-3-15-5-7-17-8-6-15;;/h9-10,13,15,17H,3-8,11-12H2,1-2H3,(H,19,21);2*1H. The van der Waals surface area contributed by atoms with Gasteiger partial charge in [0.05, 0.1) is 0 Å². The summed E-state index contributed by atoms with van der Waals surface area (Å²) in [6.45, 7) is 8.01. The summed E-state index contributed by atoms with van der Waals surface area (Å²) in [5.74, 6) is 2.37. The molecule has 1 aliphatic heterocycles. The molecule has 0 radical (unpaired) electrons. The van der Waals surface area contributed by atoms with Crippen LogP contribution in [0.2, 0.25) is 0 Å². The maximum Gasteiger partial charge on any atom is 0.220 e. The molecule has 7 heteroatoms. The molecule has 1 saturated heterocycles. The summed E-state index contributed by atoms with van der Waals surface area (Å²) >= 11 is 0. The molecule has 0 aromatic carbocycles. The second kappa shape index (κ2) is 11.7. The van der Waals surface area contributed by atoms with Crippen LogP contribution in [-0.2, 0) is 11.3 Å². The summed E-state index contributed by atoms with van der Waals surface area (Å²) in [4.78, 5) is 16.1. The van der Waals surface area contributed by atoms with Gasteiger partial charge in [0.15, 0.2) is 0 Å². The molecule has 2 heterocycles. The predicted octanol–water partition coefficient (Wildman–Crippen LogP) is 2.57.